The standard InChI is InChI=1S/C13H14N2O/c1-10(2)15-8-12(7-14-15)13-6-4-3-5-11(13)9-16/h3-10H,1-2H3. The normalized spacial score (nSPS) is 10.7. The summed E-state index contributed by atoms with van der Waals surface area (Å²) in [6.45, 7) is 4.14. The van der Waals surface area contributed by atoms with E-state index < -0.39 is 0 Å². The first-order chi connectivity index (χ1) is 7.72. The zero-order chi connectivity index (χ0) is 11.5. The van der Waals surface area contributed by atoms with Gasteiger partial charge >= 0.3 is 0 Å². The third-order valence-corrected chi connectivity index (χ3v) is 2.53. The lowest BCUT2D eigenvalue weighted by Gasteiger charge is -2.04. The summed E-state index contributed by atoms with van der Waals surface area (Å²) in [7, 11) is 0. The molecule has 0 aliphatic heterocycles. The van der Waals surface area contributed by atoms with E-state index in [4.69, 9.17) is 0 Å². The minimum absolute atomic E-state index is 0.331. The SMILES string of the molecule is CC(C)n1cc(-c2ccccc2C=O)cn1. The van der Waals surface area contributed by atoms with Gasteiger partial charge in [-0.15, -0.1) is 0 Å². The fraction of sp³-hybridized carbons (Fsp3) is 0.231. The Kier molecular flexibility index (Phi) is 2.86. The molecule has 16 heavy (non-hydrogen) atoms. The highest BCUT2D eigenvalue weighted by Gasteiger charge is 2.07. The molecular weight excluding hydrogens is 200 g/mol. The molecule has 0 fully saturated rings. The van der Waals surface area contributed by atoms with Crippen molar-refractivity contribution < 1.29 is 4.79 Å². The number of hydrogen-bond donors (Lipinski definition) is 0. The predicted octanol–water partition coefficient (Wildman–Crippen LogP) is 2.94. The van der Waals surface area contributed by atoms with Crippen molar-refractivity contribution in [3.05, 3.63) is 42.2 Å². The monoisotopic (exact) mass is 214 g/mol. The number of nitrogens with zero attached hydrogens (tertiary/aromatic N) is 2. The molecule has 0 saturated carbocycles. The first-order valence-electron chi connectivity index (χ1n) is 5.31. The first kappa shape index (κ1) is 10.6. The highest BCUT2D eigenvalue weighted by atomic mass is 16.1. The van der Waals surface area contributed by atoms with Crippen LogP contribution in [0.15, 0.2) is 36.7 Å². The van der Waals surface area contributed by atoms with Gasteiger partial charge in [-0.3, -0.25) is 9.48 Å². The summed E-state index contributed by atoms with van der Waals surface area (Å²) in [5, 5.41) is 4.27. The molecule has 0 bridgehead atoms. The molecule has 0 unspecified atom stereocenters. The molecule has 1 aromatic heterocycles. The molecule has 0 aliphatic rings. The van der Waals surface area contributed by atoms with Crippen LogP contribution in [0.3, 0.4) is 0 Å². The fourth-order valence-corrected chi connectivity index (χ4v) is 1.62. The molecule has 0 spiro atoms. The topological polar surface area (TPSA) is 34.9 Å². The quantitative estimate of drug-likeness (QED) is 0.736. The van der Waals surface area contributed by atoms with E-state index in [2.05, 4.69) is 18.9 Å². The smallest absolute Gasteiger partial charge is 0.150 e. The number of rotatable bonds is 3. The van der Waals surface area contributed by atoms with Crippen molar-refractivity contribution in [3.63, 3.8) is 0 Å². The van der Waals surface area contributed by atoms with Crippen molar-refractivity contribution in [1.82, 2.24) is 9.78 Å². The van der Waals surface area contributed by atoms with Crippen molar-refractivity contribution in [3.8, 4) is 11.1 Å². The van der Waals surface area contributed by atoms with Gasteiger partial charge in [0.15, 0.2) is 6.29 Å². The largest absolute Gasteiger partial charge is 0.298 e. The second kappa shape index (κ2) is 4.31. The summed E-state index contributed by atoms with van der Waals surface area (Å²) >= 11 is 0. The van der Waals surface area contributed by atoms with Crippen molar-refractivity contribution in [1.29, 1.82) is 0 Å². The maximum Gasteiger partial charge on any atom is 0.150 e. The first-order valence-corrected chi connectivity index (χ1v) is 5.31. The molecule has 0 saturated heterocycles. The number of carbonyl (C=O) groups excluding carboxylic acids is 1. The summed E-state index contributed by atoms with van der Waals surface area (Å²) in [5.74, 6) is 0. The van der Waals surface area contributed by atoms with Crippen LogP contribution in [0.5, 0.6) is 0 Å². The average Bonchev–Trinajstić information content (AvgIpc) is 2.78. The fourth-order valence-electron chi connectivity index (χ4n) is 1.62. The lowest BCUT2D eigenvalue weighted by atomic mass is 10.0. The second-order valence-corrected chi connectivity index (χ2v) is 4.01. The minimum Gasteiger partial charge on any atom is -0.298 e. The molecule has 1 heterocycles. The Morgan fingerprint density at radius 2 is 2.06 bits per heavy atom. The molecule has 0 radical (unpaired) electrons. The third kappa shape index (κ3) is 1.89. The highest BCUT2D eigenvalue weighted by molar-refractivity contribution is 5.87. The summed E-state index contributed by atoms with van der Waals surface area (Å²) in [5.41, 5.74) is 2.62. The van der Waals surface area contributed by atoms with Crippen LogP contribution >= 0.6 is 0 Å². The zero-order valence-electron chi connectivity index (χ0n) is 9.42. The van der Waals surface area contributed by atoms with Crippen molar-refractivity contribution in [2.75, 3.05) is 0 Å². The van der Waals surface area contributed by atoms with Gasteiger partial charge in [0.05, 0.1) is 6.20 Å². The Labute approximate surface area is 94.7 Å². The molecular formula is C13H14N2O. The van der Waals surface area contributed by atoms with Crippen LogP contribution < -0.4 is 0 Å². The molecule has 2 aromatic rings. The maximum absolute atomic E-state index is 10.9. The van der Waals surface area contributed by atoms with Crippen LogP contribution in [0, 0.1) is 0 Å². The van der Waals surface area contributed by atoms with Crippen molar-refractivity contribution in [2.45, 2.75) is 19.9 Å². The summed E-state index contributed by atoms with van der Waals surface area (Å²) in [6.07, 6.45) is 4.64. The van der Waals surface area contributed by atoms with Crippen LogP contribution in [0.2, 0.25) is 0 Å². The van der Waals surface area contributed by atoms with E-state index >= 15 is 0 Å². The summed E-state index contributed by atoms with van der Waals surface area (Å²) in [6, 6.07) is 7.87. The summed E-state index contributed by atoms with van der Waals surface area (Å²) in [4.78, 5) is 10.9. The Hall–Kier alpha value is -1.90. The van der Waals surface area contributed by atoms with E-state index in [-0.39, 0.29) is 0 Å². The number of aldehydes is 1. The van der Waals surface area contributed by atoms with Gasteiger partial charge in [0.1, 0.15) is 0 Å². The maximum atomic E-state index is 10.9. The molecule has 0 atom stereocenters. The van der Waals surface area contributed by atoms with Crippen LogP contribution in [0.1, 0.15) is 30.2 Å². The van der Waals surface area contributed by atoms with E-state index in [0.29, 0.717) is 11.6 Å². The van der Waals surface area contributed by atoms with E-state index in [0.717, 1.165) is 17.4 Å². The highest BCUT2D eigenvalue weighted by Crippen LogP contribution is 2.22. The molecule has 0 aliphatic carbocycles. The minimum atomic E-state index is 0.331. The van der Waals surface area contributed by atoms with Crippen LogP contribution in [-0.2, 0) is 0 Å². The lowest BCUT2D eigenvalue weighted by molar-refractivity contribution is 0.112. The average molecular weight is 214 g/mol. The molecule has 3 heteroatoms. The lowest BCUT2D eigenvalue weighted by Crippen LogP contribution is -1.99. The third-order valence-electron chi connectivity index (χ3n) is 2.53. The Bertz CT molecular complexity index is 500. The number of carbonyl (C=O) groups is 1. The van der Waals surface area contributed by atoms with Crippen LogP contribution in [0.4, 0.5) is 0 Å². The van der Waals surface area contributed by atoms with Crippen molar-refractivity contribution in [2.24, 2.45) is 0 Å². The van der Waals surface area contributed by atoms with E-state index in [9.17, 15) is 4.79 Å². The van der Waals surface area contributed by atoms with Gasteiger partial charge in [-0.1, -0.05) is 24.3 Å². The molecule has 1 aromatic carbocycles. The Morgan fingerprint density at radius 1 is 1.31 bits per heavy atom. The van der Waals surface area contributed by atoms with Crippen LogP contribution in [-0.4, -0.2) is 16.1 Å². The summed E-state index contributed by atoms with van der Waals surface area (Å²) < 4.78 is 1.89. The Balaban J connectivity index is 2.46. The van der Waals surface area contributed by atoms with Gasteiger partial charge in [-0.25, -0.2) is 0 Å². The van der Waals surface area contributed by atoms with Crippen molar-refractivity contribution >= 4 is 6.29 Å². The van der Waals surface area contributed by atoms with Gasteiger partial charge < -0.3 is 0 Å². The van der Waals surface area contributed by atoms with Gasteiger partial charge in [0.2, 0.25) is 0 Å². The van der Waals surface area contributed by atoms with Crippen LogP contribution in [0.25, 0.3) is 11.1 Å². The number of benzene rings is 1. The molecule has 3 nitrogen and oxygen atoms in total. The predicted molar refractivity (Wildman–Crippen MR) is 63.4 cm³/mol. The molecule has 82 valence electrons. The second-order valence-electron chi connectivity index (χ2n) is 4.01. The van der Waals surface area contributed by atoms with Gasteiger partial charge in [0, 0.05) is 23.4 Å². The molecule has 0 amide bonds. The van der Waals surface area contributed by atoms with Gasteiger partial charge in [0.25, 0.3) is 0 Å². The van der Waals surface area contributed by atoms with Gasteiger partial charge in [-0.05, 0) is 19.4 Å². The van der Waals surface area contributed by atoms with Gasteiger partial charge in [-0.2, -0.15) is 5.10 Å². The Morgan fingerprint density at radius 3 is 2.69 bits per heavy atom. The zero-order valence-corrected chi connectivity index (χ0v) is 9.42. The number of hydrogen-bond acceptors (Lipinski definition) is 2. The number of aromatic nitrogens is 2. The van der Waals surface area contributed by atoms with E-state index in [1.807, 2.05) is 35.1 Å². The molecule has 0 N–H and O–H groups in total. The van der Waals surface area contributed by atoms with E-state index in [1.165, 1.54) is 0 Å². The van der Waals surface area contributed by atoms with E-state index in [1.54, 1.807) is 6.20 Å². The molecule has 2 rings (SSSR count).